The van der Waals surface area contributed by atoms with Gasteiger partial charge in [-0.1, -0.05) is 18.2 Å². The summed E-state index contributed by atoms with van der Waals surface area (Å²) in [5.74, 6) is -0.370. The quantitative estimate of drug-likeness (QED) is 0.825. The molecule has 3 heterocycles. The van der Waals surface area contributed by atoms with E-state index in [0.29, 0.717) is 5.69 Å². The van der Waals surface area contributed by atoms with Gasteiger partial charge in [0.25, 0.3) is 5.91 Å². The maximum absolute atomic E-state index is 11.9. The van der Waals surface area contributed by atoms with Crippen molar-refractivity contribution in [3.05, 3.63) is 30.0 Å². The molecule has 114 valence electrons. The molecule has 1 aromatic carbocycles. The smallest absolute Gasteiger partial charge is 0.322 e. The van der Waals surface area contributed by atoms with Gasteiger partial charge < -0.3 is 10.1 Å². The molecule has 7 heteroatoms. The number of hydrogen-bond donors (Lipinski definition) is 2. The molecule has 0 aliphatic carbocycles. The first-order valence-electron chi connectivity index (χ1n) is 7.44. The van der Waals surface area contributed by atoms with Crippen molar-refractivity contribution in [3.63, 3.8) is 0 Å². The zero-order chi connectivity index (χ0) is 15.1. The minimum absolute atomic E-state index is 0.118. The molecule has 2 aliphatic rings. The van der Waals surface area contributed by atoms with E-state index in [2.05, 4.69) is 15.7 Å². The fraction of sp³-hybridized carbons (Fsp3) is 0.400. The number of para-hydroxylation sites is 1. The molecule has 2 atom stereocenters. The van der Waals surface area contributed by atoms with Crippen LogP contribution in [0.2, 0.25) is 0 Å². The molecule has 0 unspecified atom stereocenters. The van der Waals surface area contributed by atoms with Crippen LogP contribution in [0.5, 0.6) is 0 Å². The van der Waals surface area contributed by atoms with Gasteiger partial charge in [-0.15, -0.1) is 0 Å². The van der Waals surface area contributed by atoms with E-state index in [4.69, 9.17) is 4.74 Å². The molecular formula is C15H16N4O3. The minimum atomic E-state index is -0.748. The molecule has 1 aromatic heterocycles. The Balaban J connectivity index is 1.82. The van der Waals surface area contributed by atoms with Gasteiger partial charge in [-0.05, 0) is 25.3 Å². The van der Waals surface area contributed by atoms with Gasteiger partial charge in [-0.3, -0.25) is 10.1 Å². The standard InChI is InChI=1S/C15H16N4O3/c20-14-13(16-15(21)17-14)12-9-5-1-2-6-10(9)19(18-12)11-7-3-4-8-22-11/h1-2,5-6,11,13H,3-4,7-8H2,(H2,16,17,20,21)/t11-,13+/m1/s1. The number of imide groups is 1. The predicted octanol–water partition coefficient (Wildman–Crippen LogP) is 1.62. The SMILES string of the molecule is O=C1NC(=O)[C@H](c2nn([C@H]3CCCCO3)c3ccccc23)N1. The first-order valence-corrected chi connectivity index (χ1v) is 7.44. The molecule has 4 rings (SSSR count). The number of benzene rings is 1. The summed E-state index contributed by atoms with van der Waals surface area (Å²) in [7, 11) is 0. The van der Waals surface area contributed by atoms with Crippen molar-refractivity contribution in [3.8, 4) is 0 Å². The lowest BCUT2D eigenvalue weighted by Crippen LogP contribution is -2.22. The van der Waals surface area contributed by atoms with E-state index in [1.807, 2.05) is 28.9 Å². The highest BCUT2D eigenvalue weighted by Gasteiger charge is 2.35. The molecule has 3 amide bonds. The highest BCUT2D eigenvalue weighted by atomic mass is 16.5. The maximum Gasteiger partial charge on any atom is 0.322 e. The third-order valence-electron chi connectivity index (χ3n) is 4.12. The topological polar surface area (TPSA) is 85.2 Å². The Morgan fingerprint density at radius 1 is 1.23 bits per heavy atom. The van der Waals surface area contributed by atoms with Crippen molar-refractivity contribution < 1.29 is 14.3 Å². The summed E-state index contributed by atoms with van der Waals surface area (Å²) in [5.41, 5.74) is 1.48. The van der Waals surface area contributed by atoms with Crippen molar-refractivity contribution in [1.29, 1.82) is 0 Å². The highest BCUT2D eigenvalue weighted by molar-refractivity contribution is 6.06. The van der Waals surface area contributed by atoms with Crippen LogP contribution in [0.4, 0.5) is 4.79 Å². The van der Waals surface area contributed by atoms with Gasteiger partial charge in [0.15, 0.2) is 12.3 Å². The number of nitrogens with one attached hydrogen (secondary N) is 2. The summed E-state index contributed by atoms with van der Waals surface area (Å²) in [6.45, 7) is 0.717. The zero-order valence-electron chi connectivity index (χ0n) is 11.9. The van der Waals surface area contributed by atoms with Crippen molar-refractivity contribution in [1.82, 2.24) is 20.4 Å². The molecule has 7 nitrogen and oxygen atoms in total. The number of ether oxygens (including phenoxy) is 1. The second kappa shape index (κ2) is 5.10. The molecular weight excluding hydrogens is 284 g/mol. The van der Waals surface area contributed by atoms with Crippen LogP contribution in [-0.4, -0.2) is 28.3 Å². The fourth-order valence-electron chi connectivity index (χ4n) is 3.07. The zero-order valence-corrected chi connectivity index (χ0v) is 11.9. The van der Waals surface area contributed by atoms with Crippen LogP contribution in [0.3, 0.4) is 0 Å². The normalized spacial score (nSPS) is 25.3. The molecule has 0 bridgehead atoms. The summed E-state index contributed by atoms with van der Waals surface area (Å²) < 4.78 is 7.64. The Morgan fingerprint density at radius 3 is 2.82 bits per heavy atom. The molecule has 22 heavy (non-hydrogen) atoms. The van der Waals surface area contributed by atoms with Crippen LogP contribution < -0.4 is 10.6 Å². The van der Waals surface area contributed by atoms with Crippen LogP contribution in [0, 0.1) is 0 Å². The minimum Gasteiger partial charge on any atom is -0.356 e. The van der Waals surface area contributed by atoms with Gasteiger partial charge in [0.1, 0.15) is 5.69 Å². The molecule has 0 spiro atoms. The van der Waals surface area contributed by atoms with Crippen LogP contribution in [0.1, 0.15) is 37.2 Å². The Labute approximate surface area is 126 Å². The average molecular weight is 300 g/mol. The van der Waals surface area contributed by atoms with Gasteiger partial charge in [-0.2, -0.15) is 5.10 Å². The third kappa shape index (κ3) is 2.05. The van der Waals surface area contributed by atoms with Gasteiger partial charge in [0.05, 0.1) is 5.52 Å². The van der Waals surface area contributed by atoms with Gasteiger partial charge in [-0.25, -0.2) is 9.48 Å². The summed E-state index contributed by atoms with van der Waals surface area (Å²) in [6, 6.07) is 6.46. The Kier molecular flexibility index (Phi) is 3.07. The summed E-state index contributed by atoms with van der Waals surface area (Å²) in [5, 5.41) is 10.3. The largest absolute Gasteiger partial charge is 0.356 e. The molecule has 2 fully saturated rings. The second-order valence-electron chi connectivity index (χ2n) is 5.56. The lowest BCUT2D eigenvalue weighted by Gasteiger charge is -2.23. The predicted molar refractivity (Wildman–Crippen MR) is 78.0 cm³/mol. The van der Waals surface area contributed by atoms with E-state index in [1.54, 1.807) is 0 Å². The number of carbonyl (C=O) groups is 2. The number of amides is 3. The van der Waals surface area contributed by atoms with Gasteiger partial charge in [0, 0.05) is 12.0 Å². The molecule has 2 aromatic rings. The maximum atomic E-state index is 11.9. The number of urea groups is 1. The number of hydrogen-bond acceptors (Lipinski definition) is 4. The fourth-order valence-corrected chi connectivity index (χ4v) is 3.07. The first kappa shape index (κ1) is 13.3. The second-order valence-corrected chi connectivity index (χ2v) is 5.56. The monoisotopic (exact) mass is 300 g/mol. The number of fused-ring (bicyclic) bond motifs is 1. The van der Waals surface area contributed by atoms with Crippen molar-refractivity contribution in [2.45, 2.75) is 31.5 Å². The van der Waals surface area contributed by atoms with Crippen molar-refractivity contribution in [2.75, 3.05) is 6.61 Å². The number of rotatable bonds is 2. The summed E-state index contributed by atoms with van der Waals surface area (Å²) >= 11 is 0. The van der Waals surface area contributed by atoms with Crippen molar-refractivity contribution in [2.24, 2.45) is 0 Å². The van der Waals surface area contributed by atoms with E-state index in [9.17, 15) is 9.59 Å². The number of aromatic nitrogens is 2. The lowest BCUT2D eigenvalue weighted by molar-refractivity contribution is -0.120. The van der Waals surface area contributed by atoms with Crippen LogP contribution in [0.25, 0.3) is 10.9 Å². The lowest BCUT2D eigenvalue weighted by atomic mass is 10.1. The number of nitrogens with zero attached hydrogens (tertiary/aromatic N) is 2. The van der Waals surface area contributed by atoms with Crippen LogP contribution in [0.15, 0.2) is 24.3 Å². The first-order chi connectivity index (χ1) is 10.7. The van der Waals surface area contributed by atoms with Gasteiger partial charge in [0.2, 0.25) is 0 Å². The summed E-state index contributed by atoms with van der Waals surface area (Å²) in [6.07, 6.45) is 2.93. The summed E-state index contributed by atoms with van der Waals surface area (Å²) in [4.78, 5) is 23.3. The van der Waals surface area contributed by atoms with E-state index in [0.717, 1.165) is 36.8 Å². The van der Waals surface area contributed by atoms with Crippen LogP contribution >= 0.6 is 0 Å². The molecule has 2 N–H and O–H groups in total. The van der Waals surface area contributed by atoms with E-state index in [-0.39, 0.29) is 12.1 Å². The van der Waals surface area contributed by atoms with Gasteiger partial charge >= 0.3 is 6.03 Å². The third-order valence-corrected chi connectivity index (χ3v) is 4.12. The van der Waals surface area contributed by atoms with Crippen molar-refractivity contribution >= 4 is 22.8 Å². The molecule has 0 saturated carbocycles. The number of carbonyl (C=O) groups excluding carboxylic acids is 2. The molecule has 0 radical (unpaired) electrons. The molecule has 2 aliphatic heterocycles. The van der Waals surface area contributed by atoms with Crippen LogP contribution in [-0.2, 0) is 9.53 Å². The Hall–Kier alpha value is -2.41. The Bertz CT molecular complexity index is 748. The van der Waals surface area contributed by atoms with E-state index >= 15 is 0 Å². The van der Waals surface area contributed by atoms with E-state index in [1.165, 1.54) is 0 Å². The average Bonchev–Trinajstić information content (AvgIpc) is 3.08. The van der Waals surface area contributed by atoms with E-state index < -0.39 is 12.1 Å². The highest BCUT2D eigenvalue weighted by Crippen LogP contribution is 2.31. The Morgan fingerprint density at radius 2 is 2.09 bits per heavy atom. The molecule has 2 saturated heterocycles.